The second-order valence-corrected chi connectivity index (χ2v) is 9.47. The van der Waals surface area contributed by atoms with Crippen molar-refractivity contribution >= 4 is 18.2 Å². The van der Waals surface area contributed by atoms with Gasteiger partial charge in [-0.2, -0.15) is 0 Å². The minimum atomic E-state index is -0.416. The van der Waals surface area contributed by atoms with Crippen molar-refractivity contribution in [1.29, 1.82) is 0 Å². The number of allylic oxidation sites excluding steroid dienone is 1. The summed E-state index contributed by atoms with van der Waals surface area (Å²) >= 11 is 0. The van der Waals surface area contributed by atoms with Gasteiger partial charge in [-0.15, -0.1) is 0 Å². The standard InChI is InChI=1S/C37H32/c1-3-10-30-17-19-31(20-18-30)21-22-32-23-27-36(28-24-32)37(33-11-6-4-7-12-33,34-13-8-5-9-14-34)35-25-15-29(2)16-26-35/h3-28H,1-2H3/b10-3+,22-21+. The third-order valence-electron chi connectivity index (χ3n) is 7.01. The summed E-state index contributed by atoms with van der Waals surface area (Å²) in [5.74, 6) is 0. The average molecular weight is 477 g/mol. The molecule has 0 radical (unpaired) electrons. The summed E-state index contributed by atoms with van der Waals surface area (Å²) in [6.45, 7) is 4.19. The summed E-state index contributed by atoms with van der Waals surface area (Å²) in [5, 5.41) is 0. The minimum absolute atomic E-state index is 0.416. The maximum absolute atomic E-state index is 2.29. The van der Waals surface area contributed by atoms with Crippen molar-refractivity contribution in [2.45, 2.75) is 19.3 Å². The van der Waals surface area contributed by atoms with E-state index in [4.69, 9.17) is 0 Å². The van der Waals surface area contributed by atoms with E-state index in [0.717, 1.165) is 0 Å². The Morgan fingerprint density at radius 1 is 0.405 bits per heavy atom. The van der Waals surface area contributed by atoms with Crippen LogP contribution in [0.5, 0.6) is 0 Å². The Morgan fingerprint density at radius 3 is 1.19 bits per heavy atom. The second kappa shape index (κ2) is 11.1. The van der Waals surface area contributed by atoms with Crippen LogP contribution < -0.4 is 0 Å². The second-order valence-electron chi connectivity index (χ2n) is 9.47. The van der Waals surface area contributed by atoms with Crippen LogP contribution in [0.3, 0.4) is 0 Å². The molecule has 0 heterocycles. The highest BCUT2D eigenvalue weighted by molar-refractivity contribution is 5.71. The fraction of sp³-hybridized carbons (Fsp3) is 0.0811. The van der Waals surface area contributed by atoms with Crippen LogP contribution in [0.2, 0.25) is 0 Å². The molecule has 0 saturated heterocycles. The first-order valence-electron chi connectivity index (χ1n) is 12.9. The van der Waals surface area contributed by atoms with Crippen molar-refractivity contribution in [3.63, 3.8) is 0 Å². The Bertz CT molecular complexity index is 1430. The molecule has 0 unspecified atom stereocenters. The maximum atomic E-state index is 2.29. The Kier molecular flexibility index (Phi) is 7.28. The van der Waals surface area contributed by atoms with E-state index in [2.05, 4.69) is 165 Å². The van der Waals surface area contributed by atoms with E-state index >= 15 is 0 Å². The molecule has 0 fully saturated rings. The molecule has 180 valence electrons. The Balaban J connectivity index is 1.60. The van der Waals surface area contributed by atoms with Gasteiger partial charge < -0.3 is 0 Å². The summed E-state index contributed by atoms with van der Waals surface area (Å²) < 4.78 is 0. The van der Waals surface area contributed by atoms with Crippen LogP contribution in [0.4, 0.5) is 0 Å². The van der Waals surface area contributed by atoms with Crippen LogP contribution in [0.1, 0.15) is 51.4 Å². The molecule has 0 bridgehead atoms. The smallest absolute Gasteiger partial charge is 0.0701 e. The van der Waals surface area contributed by atoms with Gasteiger partial charge in [-0.1, -0.05) is 163 Å². The normalized spacial score (nSPS) is 11.8. The first-order chi connectivity index (χ1) is 18.2. The van der Waals surface area contributed by atoms with Crippen molar-refractivity contribution < 1.29 is 0 Å². The van der Waals surface area contributed by atoms with Crippen LogP contribution >= 0.6 is 0 Å². The first kappa shape index (κ1) is 24.3. The number of hydrogen-bond acceptors (Lipinski definition) is 0. The zero-order valence-electron chi connectivity index (χ0n) is 21.5. The van der Waals surface area contributed by atoms with Gasteiger partial charge in [-0.3, -0.25) is 0 Å². The number of benzene rings is 5. The fourth-order valence-electron chi connectivity index (χ4n) is 5.13. The molecule has 0 amide bonds. The van der Waals surface area contributed by atoms with Crippen molar-refractivity contribution in [2.75, 3.05) is 0 Å². The van der Waals surface area contributed by atoms with Gasteiger partial charge in [0.1, 0.15) is 0 Å². The largest absolute Gasteiger partial charge is 0.0871 e. The van der Waals surface area contributed by atoms with E-state index in [0.29, 0.717) is 0 Å². The van der Waals surface area contributed by atoms with E-state index in [1.807, 2.05) is 6.92 Å². The molecule has 0 aliphatic carbocycles. The average Bonchev–Trinajstić information content (AvgIpc) is 2.96. The summed E-state index contributed by atoms with van der Waals surface area (Å²) in [4.78, 5) is 0. The highest BCUT2D eigenvalue weighted by Gasteiger charge is 2.38. The summed E-state index contributed by atoms with van der Waals surface area (Å²) in [6, 6.07) is 48.4. The molecule has 37 heavy (non-hydrogen) atoms. The number of hydrogen-bond donors (Lipinski definition) is 0. The van der Waals surface area contributed by atoms with Gasteiger partial charge in [-0.05, 0) is 52.8 Å². The van der Waals surface area contributed by atoms with Gasteiger partial charge in [0, 0.05) is 0 Å². The number of aryl methyl sites for hydroxylation is 1. The van der Waals surface area contributed by atoms with Gasteiger partial charge in [0.15, 0.2) is 0 Å². The van der Waals surface area contributed by atoms with E-state index in [1.54, 1.807) is 0 Å². The molecule has 5 rings (SSSR count). The summed E-state index contributed by atoms with van der Waals surface area (Å²) in [7, 11) is 0. The topological polar surface area (TPSA) is 0 Å². The lowest BCUT2D eigenvalue weighted by Gasteiger charge is -2.37. The van der Waals surface area contributed by atoms with Gasteiger partial charge >= 0.3 is 0 Å². The molecule has 0 aliphatic heterocycles. The lowest BCUT2D eigenvalue weighted by Crippen LogP contribution is -2.31. The zero-order valence-corrected chi connectivity index (χ0v) is 21.5. The molecule has 0 heteroatoms. The molecule has 5 aromatic carbocycles. The molecule has 5 aromatic rings. The highest BCUT2D eigenvalue weighted by atomic mass is 14.4. The molecule has 0 aliphatic rings. The van der Waals surface area contributed by atoms with Crippen LogP contribution in [0.15, 0.2) is 140 Å². The predicted molar refractivity (Wildman–Crippen MR) is 160 cm³/mol. The van der Waals surface area contributed by atoms with Crippen molar-refractivity contribution in [3.8, 4) is 0 Å². The molecule has 0 nitrogen and oxygen atoms in total. The molecule has 0 spiro atoms. The Morgan fingerprint density at radius 2 is 0.757 bits per heavy atom. The molecular weight excluding hydrogens is 444 g/mol. The molecule has 0 aromatic heterocycles. The predicted octanol–water partition coefficient (Wildman–Crippen LogP) is 9.58. The monoisotopic (exact) mass is 476 g/mol. The van der Waals surface area contributed by atoms with Gasteiger partial charge in [0.25, 0.3) is 0 Å². The van der Waals surface area contributed by atoms with E-state index < -0.39 is 5.41 Å². The lowest BCUT2D eigenvalue weighted by molar-refractivity contribution is 0.744. The fourth-order valence-corrected chi connectivity index (χ4v) is 5.13. The van der Waals surface area contributed by atoms with Crippen LogP contribution in [0.25, 0.3) is 18.2 Å². The minimum Gasteiger partial charge on any atom is -0.0871 e. The maximum Gasteiger partial charge on any atom is 0.0701 e. The third kappa shape index (κ3) is 5.10. The van der Waals surface area contributed by atoms with E-state index in [1.165, 1.54) is 44.5 Å². The molecular formula is C37H32. The lowest BCUT2D eigenvalue weighted by atomic mass is 9.65. The SMILES string of the molecule is C/C=C/c1ccc(/C=C/c2ccc(C(c3ccccc3)(c3ccccc3)c3ccc(C)cc3)cc2)cc1. The van der Waals surface area contributed by atoms with Crippen molar-refractivity contribution in [1.82, 2.24) is 0 Å². The Hall–Kier alpha value is -4.42. The van der Waals surface area contributed by atoms with E-state index in [9.17, 15) is 0 Å². The summed E-state index contributed by atoms with van der Waals surface area (Å²) in [6.07, 6.45) is 8.54. The summed E-state index contributed by atoms with van der Waals surface area (Å²) in [5.41, 5.74) is 9.48. The van der Waals surface area contributed by atoms with E-state index in [-0.39, 0.29) is 0 Å². The zero-order chi connectivity index (χ0) is 25.5. The quantitative estimate of drug-likeness (QED) is 0.162. The van der Waals surface area contributed by atoms with Crippen LogP contribution in [-0.2, 0) is 5.41 Å². The van der Waals surface area contributed by atoms with Gasteiger partial charge in [0.05, 0.1) is 5.41 Å². The molecule has 0 saturated carbocycles. The van der Waals surface area contributed by atoms with Crippen LogP contribution in [0, 0.1) is 6.92 Å². The Labute approximate surface area is 221 Å². The van der Waals surface area contributed by atoms with Gasteiger partial charge in [0.2, 0.25) is 0 Å². The third-order valence-corrected chi connectivity index (χ3v) is 7.01. The molecule has 0 atom stereocenters. The highest BCUT2D eigenvalue weighted by Crippen LogP contribution is 2.45. The molecule has 0 N–H and O–H groups in total. The van der Waals surface area contributed by atoms with Crippen molar-refractivity contribution in [3.05, 3.63) is 184 Å². The van der Waals surface area contributed by atoms with Crippen molar-refractivity contribution in [2.24, 2.45) is 0 Å². The number of rotatable bonds is 7. The van der Waals surface area contributed by atoms with Crippen LogP contribution in [-0.4, -0.2) is 0 Å². The first-order valence-corrected chi connectivity index (χ1v) is 12.9. The van der Waals surface area contributed by atoms with Gasteiger partial charge in [-0.25, -0.2) is 0 Å².